The lowest BCUT2D eigenvalue weighted by Crippen LogP contribution is -2.43. The van der Waals surface area contributed by atoms with Gasteiger partial charge in [-0.1, -0.05) is 12.1 Å². The van der Waals surface area contributed by atoms with E-state index in [0.29, 0.717) is 25.0 Å². The number of halogens is 3. The molecule has 1 aliphatic carbocycles. The van der Waals surface area contributed by atoms with Crippen LogP contribution in [0.2, 0.25) is 0 Å². The molecule has 0 radical (unpaired) electrons. The van der Waals surface area contributed by atoms with Crippen molar-refractivity contribution in [3.63, 3.8) is 0 Å². The van der Waals surface area contributed by atoms with Crippen LogP contribution in [0.25, 0.3) is 0 Å². The number of amides is 1. The predicted octanol–water partition coefficient (Wildman–Crippen LogP) is 4.12. The van der Waals surface area contributed by atoms with Gasteiger partial charge in [0.05, 0.1) is 5.56 Å². The number of benzene rings is 1. The molecule has 1 aromatic carbocycles. The van der Waals surface area contributed by atoms with Gasteiger partial charge < -0.3 is 19.9 Å². The minimum absolute atomic E-state index is 0.0200. The lowest BCUT2D eigenvalue weighted by molar-refractivity contribution is -0.167. The first kappa shape index (κ1) is 22.6. The van der Waals surface area contributed by atoms with Gasteiger partial charge in [-0.25, -0.2) is 0 Å². The van der Waals surface area contributed by atoms with E-state index in [1.807, 2.05) is 6.92 Å². The summed E-state index contributed by atoms with van der Waals surface area (Å²) in [4.78, 5) is 12.7. The van der Waals surface area contributed by atoms with Gasteiger partial charge >= 0.3 is 6.18 Å². The van der Waals surface area contributed by atoms with Crippen molar-refractivity contribution in [1.29, 1.82) is 0 Å². The van der Waals surface area contributed by atoms with Crippen LogP contribution in [0.5, 0.6) is 0 Å². The third-order valence-corrected chi connectivity index (χ3v) is 5.70. The maximum atomic E-state index is 13.0. The molecular weight excluding hydrogens is 399 g/mol. The summed E-state index contributed by atoms with van der Waals surface area (Å²) in [7, 11) is 0. The first-order chi connectivity index (χ1) is 14.3. The fourth-order valence-electron chi connectivity index (χ4n) is 3.85. The number of rotatable bonds is 8. The number of alkyl halides is 3. The average Bonchev–Trinajstić information content (AvgIpc) is 2.68. The first-order valence-electron chi connectivity index (χ1n) is 10.4. The molecule has 166 valence electrons. The first-order valence-corrected chi connectivity index (χ1v) is 10.4. The molecule has 1 amide bonds. The molecule has 0 unspecified atom stereocenters. The number of carbonyl (C=O) groups is 1. The van der Waals surface area contributed by atoms with Crippen LogP contribution >= 0.6 is 0 Å². The molecule has 30 heavy (non-hydrogen) atoms. The van der Waals surface area contributed by atoms with Gasteiger partial charge in [0, 0.05) is 31.1 Å². The Morgan fingerprint density at radius 2 is 1.97 bits per heavy atom. The molecule has 2 aliphatic rings. The molecule has 3 atom stereocenters. The SMILES string of the molecule is CCO[C@H]1OC(C(=O)NC2CCC2)=C[C@@H](c2ccc(C(F)(F)F)cc2)[C@H]1CCCO. The van der Waals surface area contributed by atoms with E-state index in [1.165, 1.54) is 12.1 Å². The van der Waals surface area contributed by atoms with Crippen LogP contribution in [0.15, 0.2) is 36.1 Å². The number of aliphatic hydroxyl groups excluding tert-OH is 1. The number of carbonyl (C=O) groups excluding carboxylic acids is 1. The van der Waals surface area contributed by atoms with E-state index in [4.69, 9.17) is 9.47 Å². The van der Waals surface area contributed by atoms with Crippen LogP contribution in [-0.4, -0.2) is 36.6 Å². The van der Waals surface area contributed by atoms with Crippen molar-refractivity contribution in [2.75, 3.05) is 13.2 Å². The van der Waals surface area contributed by atoms with Gasteiger partial charge in [0.15, 0.2) is 5.76 Å². The second kappa shape index (κ2) is 9.83. The summed E-state index contributed by atoms with van der Waals surface area (Å²) < 4.78 is 50.5. The topological polar surface area (TPSA) is 67.8 Å². The van der Waals surface area contributed by atoms with Crippen LogP contribution in [-0.2, 0) is 20.4 Å². The summed E-state index contributed by atoms with van der Waals surface area (Å²) in [5.74, 6) is -0.812. The van der Waals surface area contributed by atoms with E-state index < -0.39 is 18.0 Å². The van der Waals surface area contributed by atoms with Gasteiger partial charge in [-0.05, 0) is 62.8 Å². The molecule has 3 rings (SSSR count). The molecule has 2 N–H and O–H groups in total. The van der Waals surface area contributed by atoms with Crippen LogP contribution in [0, 0.1) is 5.92 Å². The van der Waals surface area contributed by atoms with Crippen molar-refractivity contribution in [3.8, 4) is 0 Å². The molecular formula is C22H28F3NO4. The van der Waals surface area contributed by atoms with Crippen molar-refractivity contribution >= 4 is 5.91 Å². The molecule has 1 aromatic rings. The summed E-state index contributed by atoms with van der Waals surface area (Å²) in [6, 6.07) is 5.10. The molecule has 1 fully saturated rings. The zero-order chi connectivity index (χ0) is 21.7. The molecule has 1 saturated carbocycles. The van der Waals surface area contributed by atoms with E-state index >= 15 is 0 Å². The Bertz CT molecular complexity index is 744. The number of allylic oxidation sites excluding steroid dienone is 1. The Labute approximate surface area is 174 Å². The van der Waals surface area contributed by atoms with Crippen molar-refractivity contribution in [2.24, 2.45) is 5.92 Å². The molecule has 0 saturated heterocycles. The highest BCUT2D eigenvalue weighted by atomic mass is 19.4. The number of ether oxygens (including phenoxy) is 2. The molecule has 8 heteroatoms. The Morgan fingerprint density at radius 1 is 1.27 bits per heavy atom. The minimum atomic E-state index is -4.41. The van der Waals surface area contributed by atoms with E-state index in [2.05, 4.69) is 5.32 Å². The summed E-state index contributed by atoms with van der Waals surface area (Å²) >= 11 is 0. The third-order valence-electron chi connectivity index (χ3n) is 5.70. The van der Waals surface area contributed by atoms with Gasteiger partial charge in [0.25, 0.3) is 5.91 Å². The average molecular weight is 427 g/mol. The number of aliphatic hydroxyl groups is 1. The van der Waals surface area contributed by atoms with Gasteiger partial charge in [-0.2, -0.15) is 13.2 Å². The fraction of sp³-hybridized carbons (Fsp3) is 0.591. The molecule has 0 spiro atoms. The van der Waals surface area contributed by atoms with Crippen LogP contribution in [0.4, 0.5) is 13.2 Å². The lowest BCUT2D eigenvalue weighted by Gasteiger charge is -2.37. The van der Waals surface area contributed by atoms with Gasteiger partial charge in [0.2, 0.25) is 6.29 Å². The second-order valence-electron chi connectivity index (χ2n) is 7.75. The lowest BCUT2D eigenvalue weighted by atomic mass is 9.80. The highest BCUT2D eigenvalue weighted by molar-refractivity contribution is 5.92. The highest BCUT2D eigenvalue weighted by Crippen LogP contribution is 2.40. The third kappa shape index (κ3) is 5.35. The quantitative estimate of drug-likeness (QED) is 0.655. The van der Waals surface area contributed by atoms with Crippen LogP contribution < -0.4 is 5.32 Å². The van der Waals surface area contributed by atoms with Gasteiger partial charge in [0.1, 0.15) is 0 Å². The fourth-order valence-corrected chi connectivity index (χ4v) is 3.85. The Kier molecular flexibility index (Phi) is 7.41. The molecule has 1 aliphatic heterocycles. The maximum Gasteiger partial charge on any atom is 0.416 e. The van der Waals surface area contributed by atoms with Gasteiger partial charge in [-0.3, -0.25) is 4.79 Å². The smallest absolute Gasteiger partial charge is 0.416 e. The standard InChI is InChI=1S/C22H28F3NO4/c1-2-29-21-17(7-4-12-27)18(14-8-10-15(11-9-14)22(23,24)25)13-19(30-21)20(28)26-16-5-3-6-16/h8-11,13,16-18,21,27H,2-7,12H2,1H3,(H,26,28)/t17-,18+,21+/m1/s1. The molecule has 1 heterocycles. The van der Waals surface area contributed by atoms with Crippen molar-refractivity contribution in [1.82, 2.24) is 5.32 Å². The number of hydrogen-bond donors (Lipinski definition) is 2. The zero-order valence-corrected chi connectivity index (χ0v) is 17.0. The monoisotopic (exact) mass is 427 g/mol. The zero-order valence-electron chi connectivity index (χ0n) is 17.0. The van der Waals surface area contributed by atoms with Crippen LogP contribution in [0.1, 0.15) is 56.1 Å². The molecule has 0 aromatic heterocycles. The molecule has 0 bridgehead atoms. The Morgan fingerprint density at radius 3 is 2.50 bits per heavy atom. The van der Waals surface area contributed by atoms with Gasteiger partial charge in [-0.15, -0.1) is 0 Å². The Hall–Kier alpha value is -2.06. The number of nitrogens with one attached hydrogen (secondary N) is 1. The largest absolute Gasteiger partial charge is 0.459 e. The van der Waals surface area contributed by atoms with E-state index in [-0.39, 0.29) is 36.2 Å². The Balaban J connectivity index is 1.91. The second-order valence-corrected chi connectivity index (χ2v) is 7.75. The maximum absolute atomic E-state index is 13.0. The van der Waals surface area contributed by atoms with E-state index in [9.17, 15) is 23.1 Å². The number of hydrogen-bond acceptors (Lipinski definition) is 4. The minimum Gasteiger partial charge on any atom is -0.459 e. The molecule has 5 nitrogen and oxygen atoms in total. The normalized spacial score (nSPS) is 24.6. The van der Waals surface area contributed by atoms with E-state index in [1.54, 1.807) is 6.08 Å². The summed E-state index contributed by atoms with van der Waals surface area (Å²) in [6.07, 6.45) is 0.499. The summed E-state index contributed by atoms with van der Waals surface area (Å²) in [5, 5.41) is 12.2. The van der Waals surface area contributed by atoms with Crippen molar-refractivity contribution < 1.29 is 32.5 Å². The summed E-state index contributed by atoms with van der Waals surface area (Å²) in [6.45, 7) is 2.15. The van der Waals surface area contributed by atoms with Crippen LogP contribution in [0.3, 0.4) is 0 Å². The van der Waals surface area contributed by atoms with E-state index in [0.717, 1.165) is 31.4 Å². The highest BCUT2D eigenvalue weighted by Gasteiger charge is 2.39. The van der Waals surface area contributed by atoms with Crippen molar-refractivity contribution in [3.05, 3.63) is 47.2 Å². The summed E-state index contributed by atoms with van der Waals surface area (Å²) in [5.41, 5.74) is -0.0774. The predicted molar refractivity (Wildman–Crippen MR) is 104 cm³/mol. The van der Waals surface area contributed by atoms with Crippen molar-refractivity contribution in [2.45, 2.75) is 63.5 Å².